The minimum absolute atomic E-state index is 0.151. The number of nitro benzene ring substituents is 1. The van der Waals surface area contributed by atoms with E-state index in [1.165, 1.54) is 18.9 Å². The van der Waals surface area contributed by atoms with Gasteiger partial charge in [0, 0.05) is 18.7 Å². The van der Waals surface area contributed by atoms with Crippen LogP contribution in [-0.2, 0) is 0 Å². The molecule has 0 spiro atoms. The summed E-state index contributed by atoms with van der Waals surface area (Å²) in [6, 6.07) is 7.31. The molecule has 1 aromatic rings. The van der Waals surface area contributed by atoms with Crippen LogP contribution in [0.3, 0.4) is 0 Å². The molecule has 1 fully saturated rings. The van der Waals surface area contributed by atoms with Gasteiger partial charge in [-0.3, -0.25) is 15.0 Å². The first-order valence-corrected chi connectivity index (χ1v) is 6.43. The second-order valence-electron chi connectivity index (χ2n) is 4.58. The minimum atomic E-state index is -0.339. The van der Waals surface area contributed by atoms with Crippen molar-refractivity contribution in [2.24, 2.45) is 0 Å². The Hall–Kier alpha value is -1.62. The fraction of sp³-hybridized carbons (Fsp3) is 0.538. The van der Waals surface area contributed by atoms with Gasteiger partial charge in [-0.2, -0.15) is 0 Å². The van der Waals surface area contributed by atoms with Crippen LogP contribution in [0, 0.1) is 10.1 Å². The number of hydrogen-bond acceptors (Lipinski definition) is 4. The van der Waals surface area contributed by atoms with E-state index in [9.17, 15) is 10.1 Å². The molecule has 1 aliphatic rings. The highest BCUT2D eigenvalue weighted by Gasteiger charge is 2.23. The summed E-state index contributed by atoms with van der Waals surface area (Å²) in [6.45, 7) is 5.12. The molecule has 0 aromatic heterocycles. The molecule has 0 amide bonds. The van der Waals surface area contributed by atoms with Gasteiger partial charge in [0.25, 0.3) is 5.69 Å². The number of benzene rings is 1. The predicted octanol–water partition coefficient (Wildman–Crippen LogP) is 2.49. The lowest BCUT2D eigenvalue weighted by Gasteiger charge is -2.23. The molecule has 0 radical (unpaired) electrons. The minimum Gasteiger partial charge on any atom is -0.378 e. The van der Waals surface area contributed by atoms with Crippen LogP contribution >= 0.6 is 0 Å². The summed E-state index contributed by atoms with van der Waals surface area (Å²) in [5.41, 5.74) is 0.768. The van der Waals surface area contributed by atoms with E-state index in [0.717, 1.165) is 19.6 Å². The summed E-state index contributed by atoms with van der Waals surface area (Å²) in [4.78, 5) is 13.0. The number of hydrogen-bond donors (Lipinski definition) is 1. The molecule has 1 aliphatic heterocycles. The van der Waals surface area contributed by atoms with Gasteiger partial charge in [0.05, 0.1) is 4.92 Å². The highest BCUT2D eigenvalue weighted by atomic mass is 16.6. The molecule has 2 rings (SSSR count). The highest BCUT2D eigenvalue weighted by molar-refractivity contribution is 5.61. The summed E-state index contributed by atoms with van der Waals surface area (Å²) in [5.74, 6) is 0. The molecule has 0 saturated carbocycles. The summed E-state index contributed by atoms with van der Waals surface area (Å²) >= 11 is 0. The van der Waals surface area contributed by atoms with Gasteiger partial charge in [-0.25, -0.2) is 0 Å². The van der Waals surface area contributed by atoms with Gasteiger partial charge in [-0.15, -0.1) is 0 Å². The molecule has 1 aromatic carbocycles. The molecule has 1 heterocycles. The summed E-state index contributed by atoms with van der Waals surface area (Å²) in [7, 11) is 0. The lowest BCUT2D eigenvalue weighted by molar-refractivity contribution is -0.384. The van der Waals surface area contributed by atoms with Gasteiger partial charge in [0.1, 0.15) is 5.69 Å². The van der Waals surface area contributed by atoms with Crippen LogP contribution in [0.1, 0.15) is 19.8 Å². The third-order valence-electron chi connectivity index (χ3n) is 3.53. The molecule has 1 atom stereocenters. The van der Waals surface area contributed by atoms with Crippen molar-refractivity contribution in [1.82, 2.24) is 4.90 Å². The van der Waals surface area contributed by atoms with Crippen molar-refractivity contribution in [3.8, 4) is 0 Å². The predicted molar refractivity (Wildman–Crippen MR) is 71.9 cm³/mol. The largest absolute Gasteiger partial charge is 0.378 e. The van der Waals surface area contributed by atoms with Crippen LogP contribution < -0.4 is 5.32 Å². The van der Waals surface area contributed by atoms with Crippen LogP contribution in [-0.4, -0.2) is 35.5 Å². The fourth-order valence-corrected chi connectivity index (χ4v) is 2.55. The van der Waals surface area contributed by atoms with Crippen molar-refractivity contribution >= 4 is 11.4 Å². The molecule has 0 aliphatic carbocycles. The Labute approximate surface area is 107 Å². The number of nitrogens with zero attached hydrogens (tertiary/aromatic N) is 2. The van der Waals surface area contributed by atoms with Crippen molar-refractivity contribution < 1.29 is 4.92 Å². The number of likely N-dealkylation sites (N-methyl/N-ethyl adjacent to an activating group) is 1. The van der Waals surface area contributed by atoms with Gasteiger partial charge in [0.2, 0.25) is 0 Å². The average Bonchev–Trinajstić information content (AvgIpc) is 2.84. The number of rotatable bonds is 5. The van der Waals surface area contributed by atoms with Crippen molar-refractivity contribution in [3.63, 3.8) is 0 Å². The number of nitrogens with one attached hydrogen (secondary N) is 1. The van der Waals surface area contributed by atoms with E-state index in [2.05, 4.69) is 17.1 Å². The Bertz CT molecular complexity index is 422. The van der Waals surface area contributed by atoms with Crippen LogP contribution in [0.4, 0.5) is 11.4 Å². The van der Waals surface area contributed by atoms with Gasteiger partial charge < -0.3 is 5.32 Å². The zero-order chi connectivity index (χ0) is 13.0. The van der Waals surface area contributed by atoms with E-state index in [1.807, 2.05) is 6.07 Å². The summed E-state index contributed by atoms with van der Waals surface area (Å²) < 4.78 is 0. The Morgan fingerprint density at radius 1 is 1.50 bits per heavy atom. The zero-order valence-electron chi connectivity index (χ0n) is 10.6. The van der Waals surface area contributed by atoms with Crippen molar-refractivity contribution in [2.45, 2.75) is 25.8 Å². The maximum atomic E-state index is 10.9. The molecular weight excluding hydrogens is 230 g/mol. The number of nitro groups is 1. The highest BCUT2D eigenvalue weighted by Crippen LogP contribution is 2.24. The molecule has 5 nitrogen and oxygen atoms in total. The van der Waals surface area contributed by atoms with Crippen molar-refractivity contribution in [3.05, 3.63) is 34.4 Å². The molecule has 18 heavy (non-hydrogen) atoms. The Kier molecular flexibility index (Phi) is 4.15. The monoisotopic (exact) mass is 249 g/mol. The van der Waals surface area contributed by atoms with E-state index in [-0.39, 0.29) is 10.6 Å². The van der Waals surface area contributed by atoms with Gasteiger partial charge in [-0.05, 0) is 32.0 Å². The fourth-order valence-electron chi connectivity index (χ4n) is 2.55. The second-order valence-corrected chi connectivity index (χ2v) is 4.58. The van der Waals surface area contributed by atoms with E-state index < -0.39 is 0 Å². The molecule has 1 saturated heterocycles. The van der Waals surface area contributed by atoms with Crippen LogP contribution in [0.15, 0.2) is 24.3 Å². The first-order chi connectivity index (χ1) is 8.72. The third-order valence-corrected chi connectivity index (χ3v) is 3.53. The molecule has 5 heteroatoms. The maximum absolute atomic E-state index is 10.9. The van der Waals surface area contributed by atoms with E-state index in [1.54, 1.807) is 12.1 Å². The molecule has 1 unspecified atom stereocenters. The average molecular weight is 249 g/mol. The van der Waals surface area contributed by atoms with Crippen LogP contribution in [0.5, 0.6) is 0 Å². The van der Waals surface area contributed by atoms with E-state index in [4.69, 9.17) is 0 Å². The second kappa shape index (κ2) is 5.82. The van der Waals surface area contributed by atoms with E-state index in [0.29, 0.717) is 11.7 Å². The first-order valence-electron chi connectivity index (χ1n) is 6.43. The zero-order valence-corrected chi connectivity index (χ0v) is 10.6. The summed E-state index contributed by atoms with van der Waals surface area (Å²) in [6.07, 6.45) is 2.39. The quantitative estimate of drug-likeness (QED) is 0.643. The van der Waals surface area contributed by atoms with Gasteiger partial charge >= 0.3 is 0 Å². The van der Waals surface area contributed by atoms with Gasteiger partial charge in [0.15, 0.2) is 0 Å². The number of likely N-dealkylation sites (tertiary alicyclic amines) is 1. The maximum Gasteiger partial charge on any atom is 0.292 e. The smallest absolute Gasteiger partial charge is 0.292 e. The molecular formula is C13H19N3O2. The van der Waals surface area contributed by atoms with Crippen molar-refractivity contribution in [1.29, 1.82) is 0 Å². The third kappa shape index (κ3) is 2.79. The topological polar surface area (TPSA) is 58.4 Å². The molecule has 1 N–H and O–H groups in total. The number of para-hydroxylation sites is 2. The first kappa shape index (κ1) is 12.8. The normalized spacial score (nSPS) is 19.9. The number of anilines is 1. The van der Waals surface area contributed by atoms with Crippen LogP contribution in [0.2, 0.25) is 0 Å². The molecule has 98 valence electrons. The SMILES string of the molecule is CCN1CCCC1CNc1ccccc1[N+](=O)[O-]. The Morgan fingerprint density at radius 3 is 3.00 bits per heavy atom. The molecule has 0 bridgehead atoms. The summed E-state index contributed by atoms with van der Waals surface area (Å²) in [5, 5.41) is 14.1. The van der Waals surface area contributed by atoms with Gasteiger partial charge in [-0.1, -0.05) is 19.1 Å². The lowest BCUT2D eigenvalue weighted by Crippen LogP contribution is -2.34. The van der Waals surface area contributed by atoms with E-state index >= 15 is 0 Å². The standard InChI is InChI=1S/C13H19N3O2/c1-2-15-9-5-6-11(15)10-14-12-7-3-4-8-13(12)16(17)18/h3-4,7-8,11,14H,2,5-6,9-10H2,1H3. The Morgan fingerprint density at radius 2 is 2.28 bits per heavy atom. The Balaban J connectivity index is 2.00. The van der Waals surface area contributed by atoms with Crippen molar-refractivity contribution in [2.75, 3.05) is 25.0 Å². The lowest BCUT2D eigenvalue weighted by atomic mass is 10.2. The van der Waals surface area contributed by atoms with Crippen LogP contribution in [0.25, 0.3) is 0 Å².